The van der Waals surface area contributed by atoms with Gasteiger partial charge in [-0.1, -0.05) is 6.07 Å². The van der Waals surface area contributed by atoms with Gasteiger partial charge in [0.2, 0.25) is 0 Å². The van der Waals surface area contributed by atoms with Gasteiger partial charge in [-0.3, -0.25) is 14.8 Å². The number of rotatable bonds is 4. The second-order valence-corrected chi connectivity index (χ2v) is 7.32. The normalized spacial score (nSPS) is 16.9. The van der Waals surface area contributed by atoms with E-state index in [1.165, 1.54) is 0 Å². The molecule has 1 saturated heterocycles. The molecule has 3 aromatic heterocycles. The molecular formula is C21H24N6O. The first-order valence-corrected chi connectivity index (χ1v) is 9.61. The van der Waals surface area contributed by atoms with Crippen LogP contribution in [0.1, 0.15) is 34.8 Å². The molecule has 0 aromatic carbocycles. The zero-order valence-corrected chi connectivity index (χ0v) is 16.2. The van der Waals surface area contributed by atoms with Gasteiger partial charge in [-0.2, -0.15) is 0 Å². The molecule has 4 rings (SSSR count). The van der Waals surface area contributed by atoms with E-state index in [1.807, 2.05) is 48.0 Å². The van der Waals surface area contributed by atoms with Crippen molar-refractivity contribution >= 4 is 5.91 Å². The van der Waals surface area contributed by atoms with Gasteiger partial charge in [0.1, 0.15) is 17.2 Å². The number of hydrogen-bond acceptors (Lipinski definition) is 5. The van der Waals surface area contributed by atoms with Crippen molar-refractivity contribution in [3.05, 3.63) is 60.2 Å². The van der Waals surface area contributed by atoms with Crippen molar-refractivity contribution in [2.24, 2.45) is 13.0 Å². The van der Waals surface area contributed by atoms with E-state index in [1.54, 1.807) is 18.5 Å². The summed E-state index contributed by atoms with van der Waals surface area (Å²) < 4.78 is 2.02. The molecule has 0 spiro atoms. The van der Waals surface area contributed by atoms with Crippen molar-refractivity contribution in [1.82, 2.24) is 29.4 Å². The van der Waals surface area contributed by atoms with E-state index in [4.69, 9.17) is 4.98 Å². The van der Waals surface area contributed by atoms with Gasteiger partial charge >= 0.3 is 0 Å². The van der Waals surface area contributed by atoms with Crippen molar-refractivity contribution in [2.75, 3.05) is 13.1 Å². The number of piperidine rings is 1. The van der Waals surface area contributed by atoms with E-state index in [0.29, 0.717) is 11.6 Å². The van der Waals surface area contributed by atoms with Crippen LogP contribution in [0.5, 0.6) is 0 Å². The third-order valence-electron chi connectivity index (χ3n) is 5.36. The Labute approximate surface area is 164 Å². The number of carbonyl (C=O) groups is 1. The third-order valence-corrected chi connectivity index (χ3v) is 5.36. The molecular weight excluding hydrogens is 352 g/mol. The molecule has 0 unspecified atom stereocenters. The fraction of sp³-hybridized carbons (Fsp3) is 0.381. The molecule has 0 saturated carbocycles. The molecule has 0 bridgehead atoms. The Morgan fingerprint density at radius 1 is 1.21 bits per heavy atom. The lowest BCUT2D eigenvalue weighted by atomic mass is 9.93. The lowest BCUT2D eigenvalue weighted by Gasteiger charge is -2.32. The van der Waals surface area contributed by atoms with Crippen LogP contribution in [-0.4, -0.2) is 48.4 Å². The first kappa shape index (κ1) is 18.3. The Kier molecular flexibility index (Phi) is 5.14. The molecule has 1 fully saturated rings. The summed E-state index contributed by atoms with van der Waals surface area (Å²) in [4.78, 5) is 32.3. The van der Waals surface area contributed by atoms with Gasteiger partial charge < -0.3 is 9.47 Å². The average molecular weight is 376 g/mol. The average Bonchev–Trinajstić information content (AvgIpc) is 3.07. The summed E-state index contributed by atoms with van der Waals surface area (Å²) in [5.41, 5.74) is 3.25. The molecule has 7 nitrogen and oxygen atoms in total. The molecule has 1 atom stereocenters. The molecule has 1 amide bonds. The Bertz CT molecular complexity index is 968. The highest BCUT2D eigenvalue weighted by Crippen LogP contribution is 2.23. The standard InChI is InChI=1S/C21H24N6O/c1-15-24-13-20(26(15)2)19-12-22-11-17(25-19)10-16-6-5-9-27(14-16)21(28)18-7-3-4-8-23-18/h3-4,7-8,11-13,16H,5-6,9-10,14H2,1-2H3/t16-/m1/s1. The number of hydrogen-bond donors (Lipinski definition) is 0. The predicted octanol–water partition coefficient (Wildman–Crippen LogP) is 2.68. The number of nitrogens with zero attached hydrogens (tertiary/aromatic N) is 6. The SMILES string of the molecule is Cc1ncc(-c2cncc(C[C@H]3CCCN(C(=O)c4ccccn4)C3)n2)n1C. The molecule has 1 aliphatic rings. The van der Waals surface area contributed by atoms with E-state index in [0.717, 1.165) is 55.3 Å². The molecule has 0 aliphatic carbocycles. The third kappa shape index (κ3) is 3.78. The van der Waals surface area contributed by atoms with Gasteiger partial charge in [0, 0.05) is 32.5 Å². The second kappa shape index (κ2) is 7.88. The highest BCUT2D eigenvalue weighted by molar-refractivity contribution is 5.92. The van der Waals surface area contributed by atoms with Crippen LogP contribution in [0.15, 0.2) is 43.0 Å². The Hall–Kier alpha value is -3.09. The van der Waals surface area contributed by atoms with Gasteiger partial charge in [-0.05, 0) is 44.2 Å². The molecule has 1 aliphatic heterocycles. The van der Waals surface area contributed by atoms with Gasteiger partial charge in [0.05, 0.1) is 23.8 Å². The zero-order valence-electron chi connectivity index (χ0n) is 16.2. The van der Waals surface area contributed by atoms with Crippen LogP contribution < -0.4 is 0 Å². The second-order valence-electron chi connectivity index (χ2n) is 7.32. The minimum Gasteiger partial charge on any atom is -0.337 e. The molecule has 28 heavy (non-hydrogen) atoms. The maximum Gasteiger partial charge on any atom is 0.272 e. The maximum atomic E-state index is 12.7. The van der Waals surface area contributed by atoms with Crippen molar-refractivity contribution in [3.8, 4) is 11.4 Å². The topological polar surface area (TPSA) is 76.8 Å². The van der Waals surface area contributed by atoms with E-state index in [9.17, 15) is 4.79 Å². The number of imidazole rings is 1. The number of likely N-dealkylation sites (tertiary alicyclic amines) is 1. The quantitative estimate of drug-likeness (QED) is 0.700. The largest absolute Gasteiger partial charge is 0.337 e. The van der Waals surface area contributed by atoms with Crippen LogP contribution in [0.2, 0.25) is 0 Å². The van der Waals surface area contributed by atoms with Crippen LogP contribution in [0.3, 0.4) is 0 Å². The fourth-order valence-electron chi connectivity index (χ4n) is 3.73. The fourth-order valence-corrected chi connectivity index (χ4v) is 3.73. The maximum absolute atomic E-state index is 12.7. The van der Waals surface area contributed by atoms with Gasteiger partial charge in [-0.25, -0.2) is 9.97 Å². The lowest BCUT2D eigenvalue weighted by Crippen LogP contribution is -2.40. The summed E-state index contributed by atoms with van der Waals surface area (Å²) in [7, 11) is 1.98. The first-order valence-electron chi connectivity index (χ1n) is 9.61. The molecule has 7 heteroatoms. The summed E-state index contributed by atoms with van der Waals surface area (Å²) in [5, 5.41) is 0. The summed E-state index contributed by atoms with van der Waals surface area (Å²) >= 11 is 0. The van der Waals surface area contributed by atoms with E-state index in [-0.39, 0.29) is 5.91 Å². The highest BCUT2D eigenvalue weighted by atomic mass is 16.2. The van der Waals surface area contributed by atoms with Crippen molar-refractivity contribution in [1.29, 1.82) is 0 Å². The van der Waals surface area contributed by atoms with Crippen molar-refractivity contribution in [3.63, 3.8) is 0 Å². The van der Waals surface area contributed by atoms with Gasteiger partial charge in [0.25, 0.3) is 5.91 Å². The van der Waals surface area contributed by atoms with E-state index < -0.39 is 0 Å². The molecule has 0 radical (unpaired) electrons. The van der Waals surface area contributed by atoms with Crippen LogP contribution in [-0.2, 0) is 13.5 Å². The van der Waals surface area contributed by atoms with Crippen LogP contribution in [0.4, 0.5) is 0 Å². The van der Waals surface area contributed by atoms with Gasteiger partial charge in [0.15, 0.2) is 0 Å². The predicted molar refractivity (Wildman–Crippen MR) is 106 cm³/mol. The van der Waals surface area contributed by atoms with Gasteiger partial charge in [-0.15, -0.1) is 0 Å². The first-order chi connectivity index (χ1) is 13.6. The zero-order chi connectivity index (χ0) is 19.5. The molecule has 3 aromatic rings. The number of amides is 1. The summed E-state index contributed by atoms with van der Waals surface area (Å²) in [6.07, 6.45) is 9.99. The Morgan fingerprint density at radius 2 is 2.11 bits per heavy atom. The van der Waals surface area contributed by atoms with Crippen LogP contribution >= 0.6 is 0 Å². The van der Waals surface area contributed by atoms with Crippen molar-refractivity contribution < 1.29 is 4.79 Å². The number of pyridine rings is 1. The number of carbonyl (C=O) groups excluding carboxylic acids is 1. The molecule has 0 N–H and O–H groups in total. The number of aromatic nitrogens is 5. The highest BCUT2D eigenvalue weighted by Gasteiger charge is 2.25. The van der Waals surface area contributed by atoms with E-state index >= 15 is 0 Å². The van der Waals surface area contributed by atoms with Crippen molar-refractivity contribution in [2.45, 2.75) is 26.2 Å². The number of aryl methyl sites for hydroxylation is 1. The smallest absolute Gasteiger partial charge is 0.272 e. The summed E-state index contributed by atoms with van der Waals surface area (Å²) in [6.45, 7) is 3.48. The monoisotopic (exact) mass is 376 g/mol. The lowest BCUT2D eigenvalue weighted by molar-refractivity contribution is 0.0667. The molecule has 144 valence electrons. The Morgan fingerprint density at radius 3 is 2.86 bits per heavy atom. The van der Waals surface area contributed by atoms with E-state index in [2.05, 4.69) is 15.0 Å². The summed E-state index contributed by atoms with van der Waals surface area (Å²) in [5.74, 6) is 1.33. The summed E-state index contributed by atoms with van der Waals surface area (Å²) in [6, 6.07) is 5.45. The van der Waals surface area contributed by atoms with Crippen LogP contribution in [0, 0.1) is 12.8 Å². The minimum atomic E-state index is 0.00972. The Balaban J connectivity index is 1.46. The minimum absolute atomic E-state index is 0.00972. The molecule has 4 heterocycles. The van der Waals surface area contributed by atoms with Crippen LogP contribution in [0.25, 0.3) is 11.4 Å².